The average Bonchev–Trinajstić information content (AvgIpc) is 2.34. The molecule has 0 aromatic heterocycles. The molecule has 3 heteroatoms. The van der Waals surface area contributed by atoms with Crippen molar-refractivity contribution in [3.8, 4) is 0 Å². The van der Waals surface area contributed by atoms with E-state index in [0.717, 1.165) is 19.0 Å². The molecule has 0 radical (unpaired) electrons. The smallest absolute Gasteiger partial charge is 0.306 e. The van der Waals surface area contributed by atoms with Gasteiger partial charge in [-0.3, -0.25) is 4.79 Å². The van der Waals surface area contributed by atoms with Crippen LogP contribution in [-0.2, 0) is 9.53 Å². The summed E-state index contributed by atoms with van der Waals surface area (Å²) >= 11 is 0. The Balaban J connectivity index is 2.04. The largest absolute Gasteiger partial charge is 0.469 e. The van der Waals surface area contributed by atoms with Crippen LogP contribution < -0.4 is 0 Å². The molecule has 0 bridgehead atoms. The van der Waals surface area contributed by atoms with Crippen molar-refractivity contribution in [3.63, 3.8) is 0 Å². The molecular formula is C13H25NO2. The van der Waals surface area contributed by atoms with E-state index in [2.05, 4.69) is 16.7 Å². The molecule has 0 atom stereocenters. The molecule has 0 spiro atoms. The van der Waals surface area contributed by atoms with Gasteiger partial charge in [-0.05, 0) is 25.9 Å². The van der Waals surface area contributed by atoms with Crippen LogP contribution in [0.5, 0.6) is 0 Å². The Morgan fingerprint density at radius 2 is 1.94 bits per heavy atom. The second-order valence-corrected chi connectivity index (χ2v) is 4.92. The van der Waals surface area contributed by atoms with Crippen molar-refractivity contribution in [2.45, 2.75) is 44.9 Å². The summed E-state index contributed by atoms with van der Waals surface area (Å²) in [5.41, 5.74) is 0. The van der Waals surface area contributed by atoms with Crippen LogP contribution in [0.2, 0.25) is 0 Å². The van der Waals surface area contributed by atoms with E-state index in [0.29, 0.717) is 6.42 Å². The molecule has 94 valence electrons. The number of hydrogen-bond acceptors (Lipinski definition) is 3. The average molecular weight is 227 g/mol. The summed E-state index contributed by atoms with van der Waals surface area (Å²) in [6, 6.07) is 0. The fourth-order valence-corrected chi connectivity index (χ4v) is 2.37. The van der Waals surface area contributed by atoms with E-state index in [1.165, 1.54) is 45.6 Å². The predicted octanol–water partition coefficient (Wildman–Crippen LogP) is 2.45. The third kappa shape index (κ3) is 5.50. The zero-order chi connectivity index (χ0) is 11.8. The van der Waals surface area contributed by atoms with Gasteiger partial charge < -0.3 is 9.64 Å². The van der Waals surface area contributed by atoms with Gasteiger partial charge in [0.05, 0.1) is 13.5 Å². The first-order valence-corrected chi connectivity index (χ1v) is 6.47. The zero-order valence-corrected chi connectivity index (χ0v) is 10.7. The number of methoxy groups -OCH3 is 1. The second-order valence-electron chi connectivity index (χ2n) is 4.92. The minimum absolute atomic E-state index is 0.107. The highest BCUT2D eigenvalue weighted by Gasteiger charge is 2.14. The van der Waals surface area contributed by atoms with Crippen molar-refractivity contribution in [3.05, 3.63) is 0 Å². The van der Waals surface area contributed by atoms with Gasteiger partial charge in [-0.25, -0.2) is 0 Å². The van der Waals surface area contributed by atoms with Gasteiger partial charge in [0, 0.05) is 6.54 Å². The van der Waals surface area contributed by atoms with Crippen LogP contribution in [0.1, 0.15) is 44.9 Å². The summed E-state index contributed by atoms with van der Waals surface area (Å²) in [5, 5.41) is 0. The number of esters is 1. The number of nitrogens with zero attached hydrogens (tertiary/aromatic N) is 1. The highest BCUT2D eigenvalue weighted by atomic mass is 16.5. The Kier molecular flexibility index (Phi) is 6.46. The third-order valence-corrected chi connectivity index (χ3v) is 3.57. The maximum atomic E-state index is 11.0. The summed E-state index contributed by atoms with van der Waals surface area (Å²) in [4.78, 5) is 13.2. The van der Waals surface area contributed by atoms with Crippen LogP contribution in [0.3, 0.4) is 0 Å². The van der Waals surface area contributed by atoms with Gasteiger partial charge in [0.25, 0.3) is 0 Å². The van der Waals surface area contributed by atoms with E-state index < -0.39 is 0 Å². The van der Waals surface area contributed by atoms with Crippen LogP contribution in [0.25, 0.3) is 0 Å². The van der Waals surface area contributed by atoms with Crippen LogP contribution in [-0.4, -0.2) is 38.1 Å². The van der Waals surface area contributed by atoms with Gasteiger partial charge in [-0.1, -0.05) is 32.1 Å². The summed E-state index contributed by atoms with van der Waals surface area (Å²) in [6.07, 6.45) is 8.87. The highest BCUT2D eigenvalue weighted by Crippen LogP contribution is 2.26. The van der Waals surface area contributed by atoms with E-state index in [1.54, 1.807) is 0 Å². The lowest BCUT2D eigenvalue weighted by Crippen LogP contribution is -2.25. The van der Waals surface area contributed by atoms with Crippen molar-refractivity contribution in [2.75, 3.05) is 27.2 Å². The maximum absolute atomic E-state index is 11.0. The molecule has 0 aromatic carbocycles. The molecule has 0 heterocycles. The lowest BCUT2D eigenvalue weighted by molar-refractivity contribution is -0.140. The van der Waals surface area contributed by atoms with Gasteiger partial charge in [0.2, 0.25) is 0 Å². The molecule has 1 saturated carbocycles. The molecule has 1 aliphatic rings. The normalized spacial score (nSPS) is 17.7. The standard InChI is InChI=1S/C13H25NO2/c1-14(11-9-13(15)16-2)10-8-12-6-4-3-5-7-12/h12H,3-11H2,1-2H3. The zero-order valence-electron chi connectivity index (χ0n) is 10.7. The minimum Gasteiger partial charge on any atom is -0.469 e. The summed E-state index contributed by atoms with van der Waals surface area (Å²) in [7, 11) is 3.54. The van der Waals surface area contributed by atoms with Crippen molar-refractivity contribution in [1.29, 1.82) is 0 Å². The number of rotatable bonds is 6. The molecule has 1 rings (SSSR count). The molecule has 0 saturated heterocycles. The Hall–Kier alpha value is -0.570. The second kappa shape index (κ2) is 7.66. The third-order valence-electron chi connectivity index (χ3n) is 3.57. The molecule has 0 N–H and O–H groups in total. The van der Waals surface area contributed by atoms with Gasteiger partial charge in [0.1, 0.15) is 0 Å². The summed E-state index contributed by atoms with van der Waals surface area (Å²) < 4.78 is 4.63. The molecule has 1 aliphatic carbocycles. The van der Waals surface area contributed by atoms with Crippen molar-refractivity contribution >= 4 is 5.97 Å². The SMILES string of the molecule is COC(=O)CCN(C)CCC1CCCCC1. The van der Waals surface area contributed by atoms with Crippen LogP contribution in [0, 0.1) is 5.92 Å². The van der Waals surface area contributed by atoms with Gasteiger partial charge in [-0.2, -0.15) is 0 Å². The lowest BCUT2D eigenvalue weighted by atomic mass is 9.87. The Morgan fingerprint density at radius 1 is 1.25 bits per heavy atom. The first-order chi connectivity index (χ1) is 7.72. The van der Waals surface area contributed by atoms with E-state index in [9.17, 15) is 4.79 Å². The van der Waals surface area contributed by atoms with Crippen molar-refractivity contribution < 1.29 is 9.53 Å². The fourth-order valence-electron chi connectivity index (χ4n) is 2.37. The monoisotopic (exact) mass is 227 g/mol. The topological polar surface area (TPSA) is 29.5 Å². The van der Waals surface area contributed by atoms with Crippen molar-refractivity contribution in [1.82, 2.24) is 4.90 Å². The van der Waals surface area contributed by atoms with Gasteiger partial charge >= 0.3 is 5.97 Å². The van der Waals surface area contributed by atoms with E-state index >= 15 is 0 Å². The summed E-state index contributed by atoms with van der Waals surface area (Å²) in [5.74, 6) is 0.818. The molecule has 16 heavy (non-hydrogen) atoms. The molecule has 1 fully saturated rings. The van der Waals surface area contributed by atoms with Crippen LogP contribution in [0.15, 0.2) is 0 Å². The van der Waals surface area contributed by atoms with Crippen molar-refractivity contribution in [2.24, 2.45) is 5.92 Å². The van der Waals surface area contributed by atoms with Gasteiger partial charge in [-0.15, -0.1) is 0 Å². The quantitative estimate of drug-likeness (QED) is 0.653. The highest BCUT2D eigenvalue weighted by molar-refractivity contribution is 5.69. The first-order valence-electron chi connectivity index (χ1n) is 6.47. The Labute approximate surface area is 99.1 Å². The lowest BCUT2D eigenvalue weighted by Gasteiger charge is -2.24. The summed E-state index contributed by atoms with van der Waals surface area (Å²) in [6.45, 7) is 1.93. The van der Waals surface area contributed by atoms with E-state index in [4.69, 9.17) is 0 Å². The molecule has 0 aliphatic heterocycles. The number of hydrogen-bond donors (Lipinski definition) is 0. The number of ether oxygens (including phenoxy) is 1. The molecular weight excluding hydrogens is 202 g/mol. The Bertz CT molecular complexity index is 200. The predicted molar refractivity (Wildman–Crippen MR) is 65.3 cm³/mol. The van der Waals surface area contributed by atoms with Crippen LogP contribution in [0.4, 0.5) is 0 Å². The fraction of sp³-hybridized carbons (Fsp3) is 0.923. The molecule has 0 aromatic rings. The van der Waals surface area contributed by atoms with Gasteiger partial charge in [0.15, 0.2) is 0 Å². The number of carbonyl (C=O) groups excluding carboxylic acids is 1. The Morgan fingerprint density at radius 3 is 2.56 bits per heavy atom. The molecule has 3 nitrogen and oxygen atoms in total. The molecule has 0 amide bonds. The van der Waals surface area contributed by atoms with E-state index in [1.807, 2.05) is 0 Å². The molecule has 0 unspecified atom stereocenters. The van der Waals surface area contributed by atoms with E-state index in [-0.39, 0.29) is 5.97 Å². The minimum atomic E-state index is -0.107. The first kappa shape index (κ1) is 13.5. The van der Waals surface area contributed by atoms with Crippen LogP contribution >= 0.6 is 0 Å². The number of carbonyl (C=O) groups is 1. The maximum Gasteiger partial charge on any atom is 0.306 e.